The van der Waals surface area contributed by atoms with Gasteiger partial charge in [0.2, 0.25) is 5.91 Å². The maximum atomic E-state index is 12.4. The summed E-state index contributed by atoms with van der Waals surface area (Å²) in [5, 5.41) is 0. The Bertz CT molecular complexity index is 916. The second kappa shape index (κ2) is 6.67. The molecule has 2 N–H and O–H groups in total. The van der Waals surface area contributed by atoms with Gasteiger partial charge in [0.05, 0.1) is 4.90 Å². The number of carbonyl (C=O) groups excluding carboxylic acids is 1. The Hall–Kier alpha value is -1.93. The summed E-state index contributed by atoms with van der Waals surface area (Å²) >= 11 is 3.34. The lowest BCUT2D eigenvalue weighted by molar-refractivity contribution is -0.118. The van der Waals surface area contributed by atoms with E-state index in [1.165, 1.54) is 22.8 Å². The lowest BCUT2D eigenvalue weighted by Crippen LogP contribution is -2.30. The van der Waals surface area contributed by atoms with Crippen LogP contribution in [0.2, 0.25) is 0 Å². The molecule has 0 bridgehead atoms. The molecule has 0 aliphatic heterocycles. The Kier molecular flexibility index (Phi) is 5.06. The number of benzene rings is 1. The second-order valence-electron chi connectivity index (χ2n) is 5.06. The highest BCUT2D eigenvalue weighted by molar-refractivity contribution is 9.10. The number of aryl methyl sites for hydroxylation is 1. The summed E-state index contributed by atoms with van der Waals surface area (Å²) in [5.74, 6) is -0.583. The van der Waals surface area contributed by atoms with E-state index in [2.05, 4.69) is 20.3 Å². The normalized spacial score (nSPS) is 12.4. The zero-order valence-corrected chi connectivity index (χ0v) is 15.1. The van der Waals surface area contributed by atoms with Crippen molar-refractivity contribution in [1.82, 2.24) is 4.57 Å². The Morgan fingerprint density at radius 2 is 1.78 bits per heavy atom. The van der Waals surface area contributed by atoms with Crippen LogP contribution in [0.4, 0.5) is 0 Å². The van der Waals surface area contributed by atoms with E-state index in [-0.39, 0.29) is 16.9 Å². The van der Waals surface area contributed by atoms with Gasteiger partial charge in [-0.15, -0.1) is 4.40 Å². The molecule has 2 rings (SSSR count). The summed E-state index contributed by atoms with van der Waals surface area (Å²) in [6.07, 6.45) is 0. The van der Waals surface area contributed by atoms with E-state index in [0.717, 1.165) is 10.0 Å². The first-order valence-corrected chi connectivity index (χ1v) is 8.96. The van der Waals surface area contributed by atoms with Gasteiger partial charge in [-0.2, -0.15) is 8.42 Å². The topological polar surface area (TPSA) is 94.5 Å². The minimum atomic E-state index is -3.88. The first-order valence-electron chi connectivity index (χ1n) is 6.72. The number of pyridine rings is 1. The van der Waals surface area contributed by atoms with Crippen molar-refractivity contribution in [1.29, 1.82) is 0 Å². The van der Waals surface area contributed by atoms with E-state index in [0.29, 0.717) is 5.69 Å². The van der Waals surface area contributed by atoms with E-state index in [1.54, 1.807) is 25.1 Å². The first kappa shape index (κ1) is 17.4. The maximum Gasteiger partial charge on any atom is 0.284 e. The lowest BCUT2D eigenvalue weighted by Gasteiger charge is -2.11. The van der Waals surface area contributed by atoms with Crippen molar-refractivity contribution in [3.63, 3.8) is 0 Å². The van der Waals surface area contributed by atoms with Crippen LogP contribution in [0.15, 0.2) is 50.2 Å². The molecule has 1 aromatic heterocycles. The molecule has 0 spiro atoms. The molecule has 0 atom stereocenters. The van der Waals surface area contributed by atoms with Gasteiger partial charge in [-0.05, 0) is 54.0 Å². The predicted octanol–water partition coefficient (Wildman–Crippen LogP) is 1.64. The molecule has 6 nitrogen and oxygen atoms in total. The van der Waals surface area contributed by atoms with Crippen LogP contribution in [-0.2, 0) is 21.4 Å². The predicted molar refractivity (Wildman–Crippen MR) is 90.0 cm³/mol. The minimum absolute atomic E-state index is 0.0919. The molecule has 122 valence electrons. The maximum absolute atomic E-state index is 12.4. The van der Waals surface area contributed by atoms with E-state index >= 15 is 0 Å². The van der Waals surface area contributed by atoms with Crippen LogP contribution in [0.25, 0.3) is 0 Å². The molecule has 0 unspecified atom stereocenters. The van der Waals surface area contributed by atoms with Gasteiger partial charge < -0.3 is 10.3 Å². The number of sulfonamides is 1. The third kappa shape index (κ3) is 4.08. The fourth-order valence-electron chi connectivity index (χ4n) is 1.98. The monoisotopic (exact) mass is 397 g/mol. The van der Waals surface area contributed by atoms with Crippen molar-refractivity contribution in [3.8, 4) is 0 Å². The largest absolute Gasteiger partial charge is 0.368 e. The van der Waals surface area contributed by atoms with E-state index in [9.17, 15) is 13.2 Å². The van der Waals surface area contributed by atoms with E-state index < -0.39 is 15.9 Å². The standard InChI is InChI=1S/C15H16BrN3O3S/c1-10-3-5-12(6-4-10)23(21,22)18-15-8-7-13(16)11(2)19(15)9-14(17)20/h3-8H,9H2,1-2H3,(H2,17,20)/b18-15-. The molecule has 0 fully saturated rings. The van der Waals surface area contributed by atoms with Crippen LogP contribution in [0, 0.1) is 13.8 Å². The number of halogens is 1. The third-order valence-electron chi connectivity index (χ3n) is 3.25. The van der Waals surface area contributed by atoms with E-state index in [1.807, 2.05) is 6.92 Å². The lowest BCUT2D eigenvalue weighted by atomic mass is 10.2. The number of carbonyl (C=O) groups is 1. The highest BCUT2D eigenvalue weighted by Crippen LogP contribution is 2.15. The van der Waals surface area contributed by atoms with Crippen molar-refractivity contribution in [2.24, 2.45) is 10.1 Å². The van der Waals surface area contributed by atoms with E-state index in [4.69, 9.17) is 5.73 Å². The van der Waals surface area contributed by atoms with Crippen molar-refractivity contribution < 1.29 is 13.2 Å². The summed E-state index contributed by atoms with van der Waals surface area (Å²) in [6.45, 7) is 3.45. The van der Waals surface area contributed by atoms with Gasteiger partial charge in [-0.1, -0.05) is 17.7 Å². The highest BCUT2D eigenvalue weighted by atomic mass is 79.9. The Balaban J connectivity index is 2.64. The SMILES string of the molecule is Cc1ccc(S(=O)(=O)/N=c2/ccc(Br)c(C)n2CC(N)=O)cc1. The van der Waals surface area contributed by atoms with Crippen LogP contribution in [0.5, 0.6) is 0 Å². The molecule has 0 saturated carbocycles. The highest BCUT2D eigenvalue weighted by Gasteiger charge is 2.14. The number of primary amides is 1. The molecule has 0 radical (unpaired) electrons. The number of hydrogen-bond donors (Lipinski definition) is 1. The van der Waals surface area contributed by atoms with Crippen molar-refractivity contribution in [2.75, 3.05) is 0 Å². The van der Waals surface area contributed by atoms with Crippen LogP contribution in [-0.4, -0.2) is 18.9 Å². The fourth-order valence-corrected chi connectivity index (χ4v) is 3.32. The Labute approximate surface area is 142 Å². The minimum Gasteiger partial charge on any atom is -0.368 e. The number of aromatic nitrogens is 1. The van der Waals surface area contributed by atoms with Gasteiger partial charge in [0.1, 0.15) is 12.0 Å². The molecule has 2 aromatic rings. The zero-order chi connectivity index (χ0) is 17.2. The average Bonchev–Trinajstić information content (AvgIpc) is 2.47. The Morgan fingerprint density at radius 3 is 2.35 bits per heavy atom. The number of nitrogens with two attached hydrogens (primary N) is 1. The fraction of sp³-hybridized carbons (Fsp3) is 0.200. The van der Waals surface area contributed by atoms with Crippen molar-refractivity contribution in [3.05, 3.63) is 57.6 Å². The number of rotatable bonds is 4. The molecule has 0 aliphatic rings. The molecular formula is C15H16BrN3O3S. The van der Waals surface area contributed by atoms with Gasteiger partial charge in [0.25, 0.3) is 10.0 Å². The molecule has 1 aromatic carbocycles. The van der Waals surface area contributed by atoms with Crippen molar-refractivity contribution in [2.45, 2.75) is 25.3 Å². The number of nitrogens with zero attached hydrogens (tertiary/aromatic N) is 2. The van der Waals surface area contributed by atoms with Crippen molar-refractivity contribution >= 4 is 31.9 Å². The van der Waals surface area contributed by atoms with Crippen LogP contribution >= 0.6 is 15.9 Å². The van der Waals surface area contributed by atoms with Gasteiger partial charge in [0.15, 0.2) is 0 Å². The number of hydrogen-bond acceptors (Lipinski definition) is 3. The van der Waals surface area contributed by atoms with Crippen LogP contribution in [0.3, 0.4) is 0 Å². The molecule has 0 aliphatic carbocycles. The number of amides is 1. The zero-order valence-electron chi connectivity index (χ0n) is 12.7. The quantitative estimate of drug-likeness (QED) is 0.849. The van der Waals surface area contributed by atoms with Crippen LogP contribution in [0.1, 0.15) is 11.3 Å². The molecule has 1 heterocycles. The molecule has 0 saturated heterocycles. The first-order chi connectivity index (χ1) is 10.7. The van der Waals surface area contributed by atoms with Gasteiger partial charge >= 0.3 is 0 Å². The summed E-state index contributed by atoms with van der Waals surface area (Å²) < 4.78 is 30.9. The molecular weight excluding hydrogens is 382 g/mol. The van der Waals surface area contributed by atoms with Gasteiger partial charge in [0, 0.05) is 10.2 Å². The Morgan fingerprint density at radius 1 is 1.17 bits per heavy atom. The molecule has 23 heavy (non-hydrogen) atoms. The third-order valence-corrected chi connectivity index (χ3v) is 5.39. The average molecular weight is 398 g/mol. The molecule has 8 heteroatoms. The summed E-state index contributed by atoms with van der Waals surface area (Å²) in [6, 6.07) is 9.60. The summed E-state index contributed by atoms with van der Waals surface area (Å²) in [5.41, 5.74) is 6.99. The van der Waals surface area contributed by atoms with Gasteiger partial charge in [-0.25, -0.2) is 0 Å². The van der Waals surface area contributed by atoms with Gasteiger partial charge in [-0.3, -0.25) is 4.79 Å². The summed E-state index contributed by atoms with van der Waals surface area (Å²) in [4.78, 5) is 11.3. The molecule has 1 amide bonds. The second-order valence-corrected chi connectivity index (χ2v) is 7.52. The smallest absolute Gasteiger partial charge is 0.284 e. The summed E-state index contributed by atoms with van der Waals surface area (Å²) in [7, 11) is -3.88. The van der Waals surface area contributed by atoms with Crippen LogP contribution < -0.4 is 11.2 Å².